The van der Waals surface area contributed by atoms with Crippen molar-refractivity contribution in [3.8, 4) is 0 Å². The molecule has 4 nitrogen and oxygen atoms in total. The van der Waals surface area contributed by atoms with Gasteiger partial charge in [0, 0.05) is 6.54 Å². The number of aromatic nitrogens is 2. The highest BCUT2D eigenvalue weighted by atomic mass is 16.3. The molecule has 1 aromatic carbocycles. The molecule has 0 spiro atoms. The molecule has 104 valence electrons. The van der Waals surface area contributed by atoms with Gasteiger partial charge in [0.1, 0.15) is 5.76 Å². The number of nitrogens with one attached hydrogen (secondary N) is 1. The van der Waals surface area contributed by atoms with Crippen molar-refractivity contribution in [3.05, 3.63) is 54.7 Å². The van der Waals surface area contributed by atoms with Crippen LogP contribution in [0.5, 0.6) is 0 Å². The van der Waals surface area contributed by atoms with E-state index in [9.17, 15) is 0 Å². The summed E-state index contributed by atoms with van der Waals surface area (Å²) >= 11 is 0. The minimum absolute atomic E-state index is 0.254. The second-order valence-corrected chi connectivity index (χ2v) is 4.97. The van der Waals surface area contributed by atoms with Crippen molar-refractivity contribution < 1.29 is 4.42 Å². The molecular weight excluding hydrogens is 250 g/mol. The largest absolute Gasteiger partial charge is 0.468 e. The fourth-order valence-corrected chi connectivity index (χ4v) is 2.39. The minimum atomic E-state index is 0.254. The van der Waals surface area contributed by atoms with Crippen molar-refractivity contribution in [2.75, 3.05) is 6.54 Å². The monoisotopic (exact) mass is 269 g/mol. The quantitative estimate of drug-likeness (QED) is 0.698. The topological polar surface area (TPSA) is 43.0 Å². The summed E-state index contributed by atoms with van der Waals surface area (Å²) in [5, 5.41) is 3.47. The fraction of sp³-hybridized carbons (Fsp3) is 0.312. The number of nitrogens with zero attached hydrogens (tertiary/aromatic N) is 2. The molecule has 0 aliphatic heterocycles. The summed E-state index contributed by atoms with van der Waals surface area (Å²) in [7, 11) is 0. The average Bonchev–Trinajstić information content (AvgIpc) is 3.13. The summed E-state index contributed by atoms with van der Waals surface area (Å²) in [4.78, 5) is 4.40. The molecular formula is C16H19N3O. The van der Waals surface area contributed by atoms with Crippen LogP contribution in [-0.4, -0.2) is 16.1 Å². The predicted octanol–water partition coefficient (Wildman–Crippen LogP) is 3.37. The summed E-state index contributed by atoms with van der Waals surface area (Å²) in [6.45, 7) is 4.04. The third-order valence-corrected chi connectivity index (χ3v) is 3.52. The Morgan fingerprint density at radius 1 is 1.25 bits per heavy atom. The molecule has 0 radical (unpaired) electrons. The average molecular weight is 269 g/mol. The van der Waals surface area contributed by atoms with Gasteiger partial charge in [0.15, 0.2) is 0 Å². The van der Waals surface area contributed by atoms with Gasteiger partial charge < -0.3 is 14.3 Å². The molecule has 0 saturated carbocycles. The molecule has 2 heterocycles. The van der Waals surface area contributed by atoms with Crippen molar-refractivity contribution in [1.82, 2.24) is 14.9 Å². The van der Waals surface area contributed by atoms with Crippen molar-refractivity contribution in [1.29, 1.82) is 0 Å². The van der Waals surface area contributed by atoms with Crippen LogP contribution in [0.15, 0.2) is 53.4 Å². The van der Waals surface area contributed by atoms with E-state index in [0.717, 1.165) is 30.8 Å². The standard InChI is InChI=1S/C16H19N3O/c1-13(16-8-4-11-20-16)17-9-5-10-19-12-18-14-6-2-3-7-15(14)19/h2-4,6-8,11-13,17H,5,9-10H2,1H3. The molecule has 0 amide bonds. The highest BCUT2D eigenvalue weighted by Crippen LogP contribution is 2.13. The van der Waals surface area contributed by atoms with Gasteiger partial charge in [-0.15, -0.1) is 0 Å². The Morgan fingerprint density at radius 3 is 3.00 bits per heavy atom. The van der Waals surface area contributed by atoms with Crippen LogP contribution in [0.25, 0.3) is 11.0 Å². The lowest BCUT2D eigenvalue weighted by Gasteiger charge is -2.11. The first-order valence-electron chi connectivity index (χ1n) is 7.01. The second-order valence-electron chi connectivity index (χ2n) is 4.97. The molecule has 20 heavy (non-hydrogen) atoms. The SMILES string of the molecule is CC(NCCCn1cnc2ccccc21)c1ccco1. The van der Waals surface area contributed by atoms with E-state index in [1.54, 1.807) is 6.26 Å². The van der Waals surface area contributed by atoms with Crippen molar-refractivity contribution in [2.24, 2.45) is 0 Å². The molecule has 4 heteroatoms. The van der Waals surface area contributed by atoms with Crippen LogP contribution in [0.1, 0.15) is 25.1 Å². The number of hydrogen-bond donors (Lipinski definition) is 1. The molecule has 0 bridgehead atoms. The lowest BCUT2D eigenvalue weighted by atomic mass is 10.2. The minimum Gasteiger partial charge on any atom is -0.468 e. The zero-order valence-electron chi connectivity index (χ0n) is 11.6. The third-order valence-electron chi connectivity index (χ3n) is 3.52. The molecule has 1 N–H and O–H groups in total. The number of aryl methyl sites for hydroxylation is 1. The van der Waals surface area contributed by atoms with Crippen LogP contribution in [0.2, 0.25) is 0 Å². The maximum Gasteiger partial charge on any atom is 0.120 e. The van der Waals surface area contributed by atoms with Gasteiger partial charge in [-0.25, -0.2) is 4.98 Å². The molecule has 1 unspecified atom stereocenters. The summed E-state index contributed by atoms with van der Waals surface area (Å²) in [5.74, 6) is 0.984. The normalized spacial score (nSPS) is 12.8. The lowest BCUT2D eigenvalue weighted by Crippen LogP contribution is -2.20. The van der Waals surface area contributed by atoms with E-state index in [1.807, 2.05) is 30.6 Å². The second kappa shape index (κ2) is 5.92. The van der Waals surface area contributed by atoms with E-state index in [0.29, 0.717) is 0 Å². The fourth-order valence-electron chi connectivity index (χ4n) is 2.39. The first kappa shape index (κ1) is 12.9. The van der Waals surface area contributed by atoms with E-state index < -0.39 is 0 Å². The Balaban J connectivity index is 1.50. The Morgan fingerprint density at radius 2 is 2.15 bits per heavy atom. The highest BCUT2D eigenvalue weighted by Gasteiger charge is 2.06. The van der Waals surface area contributed by atoms with Gasteiger partial charge in [-0.05, 0) is 44.2 Å². The van der Waals surface area contributed by atoms with Gasteiger partial charge in [-0.3, -0.25) is 0 Å². The van der Waals surface area contributed by atoms with Gasteiger partial charge in [0.2, 0.25) is 0 Å². The summed E-state index contributed by atoms with van der Waals surface area (Å²) in [5.41, 5.74) is 2.26. The van der Waals surface area contributed by atoms with Gasteiger partial charge in [-0.2, -0.15) is 0 Å². The number of benzene rings is 1. The van der Waals surface area contributed by atoms with Crippen LogP contribution in [0, 0.1) is 0 Å². The lowest BCUT2D eigenvalue weighted by molar-refractivity contribution is 0.424. The molecule has 3 rings (SSSR count). The Hall–Kier alpha value is -2.07. The van der Waals surface area contributed by atoms with Crippen LogP contribution in [-0.2, 0) is 6.54 Å². The van der Waals surface area contributed by atoms with Gasteiger partial charge in [-0.1, -0.05) is 12.1 Å². The van der Waals surface area contributed by atoms with Gasteiger partial charge in [0.05, 0.1) is 29.7 Å². The Labute approximate surface area is 118 Å². The number of furan rings is 1. The Kier molecular flexibility index (Phi) is 3.83. The van der Waals surface area contributed by atoms with E-state index in [-0.39, 0.29) is 6.04 Å². The molecule has 1 atom stereocenters. The first-order chi connectivity index (χ1) is 9.84. The number of imidazole rings is 1. The van der Waals surface area contributed by atoms with Crippen molar-refractivity contribution in [3.63, 3.8) is 0 Å². The molecule has 2 aromatic heterocycles. The number of rotatable bonds is 6. The zero-order chi connectivity index (χ0) is 13.8. The van der Waals surface area contributed by atoms with Crippen LogP contribution in [0.4, 0.5) is 0 Å². The highest BCUT2D eigenvalue weighted by molar-refractivity contribution is 5.74. The smallest absolute Gasteiger partial charge is 0.120 e. The van der Waals surface area contributed by atoms with Gasteiger partial charge in [0.25, 0.3) is 0 Å². The maximum absolute atomic E-state index is 5.38. The summed E-state index contributed by atoms with van der Waals surface area (Å²) in [6, 6.07) is 12.4. The van der Waals surface area contributed by atoms with Crippen molar-refractivity contribution >= 4 is 11.0 Å². The molecule has 3 aromatic rings. The first-order valence-corrected chi connectivity index (χ1v) is 7.01. The maximum atomic E-state index is 5.38. The zero-order valence-corrected chi connectivity index (χ0v) is 11.6. The predicted molar refractivity (Wildman–Crippen MR) is 79.5 cm³/mol. The van der Waals surface area contributed by atoms with E-state index >= 15 is 0 Å². The van der Waals surface area contributed by atoms with Crippen LogP contribution < -0.4 is 5.32 Å². The Bertz CT molecular complexity index is 657. The number of fused-ring (bicyclic) bond motifs is 1. The van der Waals surface area contributed by atoms with E-state index in [2.05, 4.69) is 33.9 Å². The number of para-hydroxylation sites is 2. The third kappa shape index (κ3) is 2.75. The summed E-state index contributed by atoms with van der Waals surface area (Å²) in [6.07, 6.45) is 4.69. The molecule has 0 fully saturated rings. The molecule has 0 aliphatic carbocycles. The van der Waals surface area contributed by atoms with Crippen LogP contribution >= 0.6 is 0 Å². The van der Waals surface area contributed by atoms with Crippen LogP contribution in [0.3, 0.4) is 0 Å². The molecule has 0 saturated heterocycles. The summed E-state index contributed by atoms with van der Waals surface area (Å²) < 4.78 is 7.58. The van der Waals surface area contributed by atoms with E-state index in [1.165, 1.54) is 5.52 Å². The molecule has 0 aliphatic rings. The number of hydrogen-bond acceptors (Lipinski definition) is 3. The van der Waals surface area contributed by atoms with Crippen molar-refractivity contribution in [2.45, 2.75) is 25.9 Å². The van der Waals surface area contributed by atoms with Gasteiger partial charge >= 0.3 is 0 Å². The van der Waals surface area contributed by atoms with E-state index in [4.69, 9.17) is 4.42 Å².